The number of methoxy groups -OCH3 is 5. The quantitative estimate of drug-likeness (QED) is 0.0528. The number of ether oxygens (including phenoxy) is 5. The number of carbonyl (C=O) groups is 6. The van der Waals surface area contributed by atoms with Crippen molar-refractivity contribution in [1.29, 1.82) is 0 Å². The summed E-state index contributed by atoms with van der Waals surface area (Å²) in [7, 11) is 7.27. The lowest BCUT2D eigenvalue weighted by Gasteiger charge is -2.60. The molecule has 3 saturated heterocycles. The highest BCUT2D eigenvalue weighted by molar-refractivity contribution is 14.1. The molecule has 0 radical (unpaired) electrons. The van der Waals surface area contributed by atoms with Crippen LogP contribution in [0.1, 0.15) is 199 Å². The van der Waals surface area contributed by atoms with Crippen molar-refractivity contribution in [2.45, 2.75) is 233 Å². The average molecular weight is 1430 g/mol. The molecular weight excluding hydrogens is 1310 g/mol. The van der Waals surface area contributed by atoms with Crippen molar-refractivity contribution in [2.24, 2.45) is 104 Å². The van der Waals surface area contributed by atoms with Crippen LogP contribution in [0.25, 0.3) is 0 Å². The van der Waals surface area contributed by atoms with E-state index in [2.05, 4.69) is 89.6 Å². The second kappa shape index (κ2) is 30.1. The number of hydrogen-bond donors (Lipinski definition) is 4. The summed E-state index contributed by atoms with van der Waals surface area (Å²) in [6.07, 6.45) is 18.8. The second-order valence-corrected chi connectivity index (χ2v) is 33.3. The Morgan fingerprint density at radius 2 is 0.802 bits per heavy atom. The average Bonchev–Trinajstić information content (AvgIpc) is 1.72. The Hall–Kier alpha value is -2.54. The number of aliphatic hydroxyl groups excluding tert-OH is 1. The van der Waals surface area contributed by atoms with E-state index in [-0.39, 0.29) is 145 Å². The maximum absolute atomic E-state index is 14.2. The van der Waals surface area contributed by atoms with Crippen LogP contribution >= 0.6 is 34.0 Å². The van der Waals surface area contributed by atoms with Gasteiger partial charge in [0.1, 0.15) is 6.10 Å². The summed E-state index contributed by atoms with van der Waals surface area (Å²) in [5, 5.41) is 19.6. The van der Waals surface area contributed by atoms with E-state index < -0.39 is 29.6 Å². The Morgan fingerprint density at radius 3 is 1.14 bits per heavy atom. The van der Waals surface area contributed by atoms with Gasteiger partial charge in [0, 0.05) is 45.4 Å². The van der Waals surface area contributed by atoms with Crippen LogP contribution in [0.3, 0.4) is 0 Å². The summed E-state index contributed by atoms with van der Waals surface area (Å²) >= 11 is -2.81. The van der Waals surface area contributed by atoms with Crippen LogP contribution in [0.2, 0.25) is 0 Å². The number of rotatable bonds is 10. The topological polar surface area (TPSA) is 208 Å². The van der Waals surface area contributed by atoms with E-state index >= 15 is 0 Å². The molecule has 0 aromatic carbocycles. The number of nitrogens with zero attached hydrogens (tertiary/aromatic N) is 1. The first-order valence-electron chi connectivity index (χ1n) is 33.2. The van der Waals surface area contributed by atoms with E-state index in [9.17, 15) is 49.9 Å². The third kappa shape index (κ3) is 14.2. The normalized spacial score (nSPS) is 44.6. The van der Waals surface area contributed by atoms with Gasteiger partial charge >= 0.3 is 17.9 Å². The minimum atomic E-state index is -5.14. The van der Waals surface area contributed by atoms with Gasteiger partial charge in [-0.1, -0.05) is 86.4 Å². The summed E-state index contributed by atoms with van der Waals surface area (Å²) < 4.78 is 76.0. The number of nitrogens with one attached hydrogen (secondary N) is 3. The summed E-state index contributed by atoms with van der Waals surface area (Å²) in [6, 6.07) is 0.636. The highest BCUT2D eigenvalue weighted by atomic mass is 127. The molecule has 0 bridgehead atoms. The van der Waals surface area contributed by atoms with Crippen molar-refractivity contribution in [2.75, 3.05) is 61.9 Å². The van der Waals surface area contributed by atoms with Gasteiger partial charge in [0.25, 0.3) is 17.3 Å². The van der Waals surface area contributed by atoms with Gasteiger partial charge in [0.2, 0.25) is 11.8 Å². The summed E-state index contributed by atoms with van der Waals surface area (Å²) in [6.45, 7) is 13.7. The Balaban J connectivity index is 0.000000196. The lowest BCUT2D eigenvalue weighted by molar-refractivity contribution is -0.160. The predicted octanol–water partition coefficient (Wildman–Crippen LogP) is 13.1. The van der Waals surface area contributed by atoms with Crippen molar-refractivity contribution in [3.05, 3.63) is 0 Å². The minimum Gasteiger partial charge on any atom is -0.469 e. The SMILES string of the molecule is C.C.C.COC(=O)[C@H]1CC[C@H]2[C@@H]3CC[C@H]4NC(=O)[C@@H](O)C[C@]4(C)[C@H]3CC[C@]12C.COC(=O)[C@H]1CC[C@H]2[C@@H]3CC[C@H]4NC(=O)[C@H](F)C[C@]4(C)[C@H]3CC[C@]12C.COC(=O)[C@H]1CC[C@H]2[C@@H]3CC[C@H]4NC(=O)[C@H](I)C[C@]4(C)[C@H]3CC[C@]12C.COCCN(CCOC)S(F)(F)F. The van der Waals surface area contributed by atoms with Gasteiger partial charge in [0.05, 0.1) is 56.2 Å². The van der Waals surface area contributed by atoms with Crippen molar-refractivity contribution in [1.82, 2.24) is 20.3 Å². The molecule has 0 aromatic rings. The van der Waals surface area contributed by atoms with Gasteiger partial charge in [-0.3, -0.25) is 28.8 Å². The van der Waals surface area contributed by atoms with E-state index in [1.54, 1.807) is 0 Å². The molecule has 0 spiro atoms. The number of hydrogen-bond acceptors (Lipinski definition) is 13. The molecule has 24 atom stereocenters. The van der Waals surface area contributed by atoms with Crippen LogP contribution in [0.15, 0.2) is 0 Å². The standard InChI is InChI=1S/C20H30FNO3.C20H30INO3.C20H31NO4.C6H14F3NO2S.3CH4/c2*1-19-9-8-13-11(12(19)5-6-14(19)18(24)25-3)4-7-16-20(13,2)10-15(21)17(23)22-16;1-19-9-8-13-11(12(19)5-6-14(19)18(24)25-3)4-7-16-20(13,2)10-15(22)17(23)21-16;1-11-5-3-10(4-6-12-2)13(7,8)9;;;/h2*11-16H,4-10H2,1-3H3,(H,22,23);11-16,22H,4-10H2,1-3H3,(H,21,23);3-6H2,1-2H3;3*1H4/t2*11-,12-,13-,14+,15+,16+,19-,20+;11-,12-,13-,14+,15-,16+,19-,20+;;;;/m000..../s1. The number of amides is 3. The highest BCUT2D eigenvalue weighted by Crippen LogP contribution is 2.69. The summed E-state index contributed by atoms with van der Waals surface area (Å²) in [5.74, 6) is 4.83. The van der Waals surface area contributed by atoms with Gasteiger partial charge in [-0.15, -0.1) is 11.7 Å². The molecule has 9 aliphatic carbocycles. The molecule has 0 unspecified atom stereocenters. The molecule has 3 heterocycles. The zero-order valence-corrected chi connectivity index (χ0v) is 57.2. The molecular formula is C69H117F4IN4O12S. The Labute approximate surface area is 558 Å². The minimum absolute atomic E-state index is 0. The molecule has 22 heteroatoms. The third-order valence-corrected chi connectivity index (χ3v) is 29.1. The van der Waals surface area contributed by atoms with Gasteiger partial charge in [0.15, 0.2) is 6.17 Å². The largest absolute Gasteiger partial charge is 0.469 e. The molecule has 526 valence electrons. The van der Waals surface area contributed by atoms with Crippen molar-refractivity contribution in [3.63, 3.8) is 0 Å². The Bertz CT molecular complexity index is 2310. The fourth-order valence-corrected chi connectivity index (χ4v) is 24.2. The van der Waals surface area contributed by atoms with Crippen LogP contribution < -0.4 is 16.0 Å². The maximum atomic E-state index is 14.2. The first-order chi connectivity index (χ1) is 41.4. The summed E-state index contributed by atoms with van der Waals surface area (Å²) in [4.78, 5) is 72.8. The van der Waals surface area contributed by atoms with Crippen molar-refractivity contribution in [3.8, 4) is 0 Å². The maximum Gasteiger partial charge on any atom is 0.309 e. The number of piperidine rings is 3. The Kier molecular flexibility index (Phi) is 25.6. The lowest BCUT2D eigenvalue weighted by atomic mass is 9.47. The molecule has 16 nitrogen and oxygen atoms in total. The molecule has 91 heavy (non-hydrogen) atoms. The molecule has 9 saturated carbocycles. The monoisotopic (exact) mass is 1430 g/mol. The first-order valence-corrected chi connectivity index (χ1v) is 35.7. The van der Waals surface area contributed by atoms with E-state index in [4.69, 9.17) is 14.2 Å². The van der Waals surface area contributed by atoms with Gasteiger partial charge in [-0.2, -0.15) is 4.31 Å². The lowest BCUT2D eigenvalue weighted by Crippen LogP contribution is -2.64. The number of carbonyl (C=O) groups excluding carboxylic acids is 6. The number of fused-ring (bicyclic) bond motifs is 15. The van der Waals surface area contributed by atoms with Crippen molar-refractivity contribution >= 4 is 69.6 Å². The van der Waals surface area contributed by atoms with Gasteiger partial charge in [-0.25, -0.2) is 4.39 Å². The number of esters is 3. The molecule has 12 rings (SSSR count). The predicted molar refractivity (Wildman–Crippen MR) is 354 cm³/mol. The van der Waals surface area contributed by atoms with Crippen LogP contribution in [0.5, 0.6) is 0 Å². The molecule has 3 amide bonds. The molecule has 12 aliphatic rings. The van der Waals surface area contributed by atoms with Gasteiger partial charge < -0.3 is 44.7 Å². The highest BCUT2D eigenvalue weighted by Gasteiger charge is 2.66. The Morgan fingerprint density at radius 1 is 0.484 bits per heavy atom. The zero-order valence-electron chi connectivity index (χ0n) is 54.3. The smallest absolute Gasteiger partial charge is 0.309 e. The van der Waals surface area contributed by atoms with E-state index in [0.717, 1.165) is 109 Å². The third-order valence-electron chi connectivity index (χ3n) is 27.1. The number of alkyl halides is 2. The van der Waals surface area contributed by atoms with Crippen LogP contribution in [0, 0.1) is 104 Å². The summed E-state index contributed by atoms with van der Waals surface area (Å²) in [5.41, 5.74) is 0.215. The second-order valence-electron chi connectivity index (χ2n) is 30.5. The van der Waals surface area contributed by atoms with Gasteiger partial charge in [-0.05, 0) is 221 Å². The van der Waals surface area contributed by atoms with E-state index in [1.165, 1.54) is 48.4 Å². The molecule has 12 fully saturated rings. The molecule has 3 aliphatic heterocycles. The number of halogens is 5. The van der Waals surface area contributed by atoms with E-state index in [1.807, 2.05) is 0 Å². The fourth-order valence-electron chi connectivity index (χ4n) is 22.5. The fraction of sp³-hybridized carbons (Fsp3) is 0.913. The first kappa shape index (κ1) is 77.5. The van der Waals surface area contributed by atoms with Crippen LogP contribution in [-0.4, -0.2) is 141 Å². The van der Waals surface area contributed by atoms with Crippen LogP contribution in [0.4, 0.5) is 16.0 Å². The molecule has 0 aromatic heterocycles. The van der Waals surface area contributed by atoms with Crippen molar-refractivity contribution < 1.29 is 73.6 Å². The van der Waals surface area contributed by atoms with Crippen LogP contribution in [-0.2, 0) is 52.5 Å². The molecule has 4 N–H and O–H groups in total. The van der Waals surface area contributed by atoms with E-state index in [0.29, 0.717) is 76.4 Å². The number of aliphatic hydroxyl groups is 1. The zero-order chi connectivity index (χ0) is 64.3.